The van der Waals surface area contributed by atoms with Crippen LogP contribution < -0.4 is 10.6 Å². The summed E-state index contributed by atoms with van der Waals surface area (Å²) >= 11 is 1.30. The minimum absolute atomic E-state index is 0.0247. The number of thioether (sulfide) groups is 1. The van der Waals surface area contributed by atoms with E-state index in [1.807, 2.05) is 50.4 Å². The number of ether oxygens (including phenoxy) is 1. The molecule has 1 fully saturated rings. The molecular formula is C36H47N3O6S. The number of nitrogens with one attached hydrogen (secondary N) is 2. The van der Waals surface area contributed by atoms with E-state index in [2.05, 4.69) is 51.9 Å². The first-order valence-electron chi connectivity index (χ1n) is 15.8. The summed E-state index contributed by atoms with van der Waals surface area (Å²) in [6, 6.07) is 24.4. The summed E-state index contributed by atoms with van der Waals surface area (Å²) in [5, 5.41) is 36.7. The molecule has 4 rings (SSSR count). The molecule has 0 aliphatic carbocycles. The summed E-state index contributed by atoms with van der Waals surface area (Å²) in [7, 11) is 2.01. The maximum absolute atomic E-state index is 12.3. The van der Waals surface area contributed by atoms with Crippen molar-refractivity contribution in [1.82, 2.24) is 15.5 Å². The van der Waals surface area contributed by atoms with E-state index < -0.39 is 29.9 Å². The van der Waals surface area contributed by atoms with E-state index in [0.717, 1.165) is 40.8 Å². The van der Waals surface area contributed by atoms with Gasteiger partial charge in [0.15, 0.2) is 0 Å². The van der Waals surface area contributed by atoms with Gasteiger partial charge in [-0.15, -0.1) is 11.8 Å². The fraction of sp³-hybridized carbons (Fsp3) is 0.444. The van der Waals surface area contributed by atoms with Gasteiger partial charge in [-0.25, -0.2) is 0 Å². The lowest BCUT2D eigenvalue weighted by atomic mass is 9.91. The molecule has 1 aliphatic rings. The molecule has 1 aliphatic heterocycles. The first-order valence-corrected chi connectivity index (χ1v) is 17.1. The van der Waals surface area contributed by atoms with Gasteiger partial charge >= 0.3 is 0 Å². The normalized spacial score (nSPS) is 21.2. The quantitative estimate of drug-likeness (QED) is 0.170. The number of rotatable bonds is 15. The SMILES string of the molecule is CS[C@H]1O[C@@H](c2ccc(C)c(Cc3ccc(CCCC(=O)NCC(=O)NCCN(C)Cc4ccccc4)cc3)c2)[C@H](O)[C@@H](O)[C@@H]1O. The Hall–Kier alpha value is -3.25. The Balaban J connectivity index is 1.16. The molecule has 46 heavy (non-hydrogen) atoms. The summed E-state index contributed by atoms with van der Waals surface area (Å²) in [5.41, 5.74) is 5.81. The molecule has 0 unspecified atom stereocenters. The Bertz CT molecular complexity index is 1400. The summed E-state index contributed by atoms with van der Waals surface area (Å²) in [5.74, 6) is -0.331. The first-order chi connectivity index (χ1) is 22.1. The van der Waals surface area contributed by atoms with Gasteiger partial charge in [0.25, 0.3) is 0 Å². The molecule has 3 aromatic carbocycles. The van der Waals surface area contributed by atoms with Crippen LogP contribution >= 0.6 is 11.8 Å². The highest BCUT2D eigenvalue weighted by molar-refractivity contribution is 7.99. The fourth-order valence-electron chi connectivity index (χ4n) is 5.56. The van der Waals surface area contributed by atoms with Crippen molar-refractivity contribution in [2.45, 2.75) is 69.0 Å². The van der Waals surface area contributed by atoms with Crippen LogP contribution in [-0.2, 0) is 33.7 Å². The van der Waals surface area contributed by atoms with Gasteiger partial charge in [0.1, 0.15) is 29.9 Å². The highest BCUT2D eigenvalue weighted by Gasteiger charge is 2.44. The molecule has 0 saturated carbocycles. The number of hydrogen-bond acceptors (Lipinski definition) is 8. The average molecular weight is 650 g/mol. The molecule has 3 aromatic rings. The van der Waals surface area contributed by atoms with Crippen molar-refractivity contribution < 1.29 is 29.6 Å². The number of aryl methyl sites for hydroxylation is 2. The van der Waals surface area contributed by atoms with Crippen LogP contribution in [0, 0.1) is 6.92 Å². The lowest BCUT2D eigenvalue weighted by molar-refractivity contribution is -0.200. The van der Waals surface area contributed by atoms with E-state index in [1.165, 1.54) is 17.3 Å². The van der Waals surface area contributed by atoms with E-state index in [1.54, 1.807) is 6.26 Å². The number of nitrogens with zero attached hydrogens (tertiary/aromatic N) is 1. The van der Waals surface area contributed by atoms with Gasteiger partial charge in [0, 0.05) is 26.1 Å². The van der Waals surface area contributed by atoms with Gasteiger partial charge in [-0.05, 0) is 72.9 Å². The summed E-state index contributed by atoms with van der Waals surface area (Å²) in [6.07, 6.45) is -0.135. The van der Waals surface area contributed by atoms with Gasteiger partial charge in [-0.3, -0.25) is 9.59 Å². The molecular weight excluding hydrogens is 602 g/mol. The zero-order chi connectivity index (χ0) is 33.1. The number of likely N-dealkylation sites (N-methyl/N-ethyl adjacent to an activating group) is 1. The van der Waals surface area contributed by atoms with Crippen LogP contribution in [0.1, 0.15) is 52.3 Å². The number of aliphatic hydroxyl groups excluding tert-OH is 3. The van der Waals surface area contributed by atoms with E-state index >= 15 is 0 Å². The summed E-state index contributed by atoms with van der Waals surface area (Å²) < 4.78 is 5.95. The van der Waals surface area contributed by atoms with E-state index in [4.69, 9.17) is 4.74 Å². The predicted molar refractivity (Wildman–Crippen MR) is 181 cm³/mol. The van der Waals surface area contributed by atoms with Crippen molar-refractivity contribution in [1.29, 1.82) is 0 Å². The highest BCUT2D eigenvalue weighted by Crippen LogP contribution is 2.36. The first kappa shape index (κ1) is 35.6. The van der Waals surface area contributed by atoms with Gasteiger partial charge in [0.2, 0.25) is 11.8 Å². The average Bonchev–Trinajstić information content (AvgIpc) is 3.05. The molecule has 248 valence electrons. The molecule has 0 spiro atoms. The number of benzene rings is 3. The molecule has 9 nitrogen and oxygen atoms in total. The van der Waals surface area contributed by atoms with Crippen LogP contribution in [0.15, 0.2) is 72.8 Å². The molecule has 2 amide bonds. The van der Waals surface area contributed by atoms with Gasteiger partial charge < -0.3 is 35.6 Å². The number of aliphatic hydroxyl groups is 3. The van der Waals surface area contributed by atoms with Crippen LogP contribution in [-0.4, -0.2) is 88.7 Å². The second-order valence-corrected chi connectivity index (χ2v) is 13.0. The van der Waals surface area contributed by atoms with Crippen LogP contribution in [0.2, 0.25) is 0 Å². The van der Waals surface area contributed by atoms with Crippen LogP contribution in [0.5, 0.6) is 0 Å². The van der Waals surface area contributed by atoms with Crippen LogP contribution in [0.25, 0.3) is 0 Å². The zero-order valence-corrected chi connectivity index (χ0v) is 27.7. The van der Waals surface area contributed by atoms with Crippen molar-refractivity contribution >= 4 is 23.6 Å². The lowest BCUT2D eigenvalue weighted by Gasteiger charge is -2.40. The lowest BCUT2D eigenvalue weighted by Crippen LogP contribution is -2.52. The van der Waals surface area contributed by atoms with Crippen molar-refractivity contribution in [2.24, 2.45) is 0 Å². The maximum Gasteiger partial charge on any atom is 0.239 e. The maximum atomic E-state index is 12.3. The van der Waals surface area contributed by atoms with Crippen molar-refractivity contribution in [2.75, 3.05) is 32.9 Å². The second-order valence-electron chi connectivity index (χ2n) is 12.0. The molecule has 0 aromatic heterocycles. The predicted octanol–water partition coefficient (Wildman–Crippen LogP) is 3.12. The molecule has 0 radical (unpaired) electrons. The second kappa shape index (κ2) is 17.6. The number of carbonyl (C=O) groups excluding carboxylic acids is 2. The van der Waals surface area contributed by atoms with Crippen molar-refractivity contribution in [3.63, 3.8) is 0 Å². The highest BCUT2D eigenvalue weighted by atomic mass is 32.2. The van der Waals surface area contributed by atoms with Gasteiger partial charge in [-0.1, -0.05) is 72.8 Å². The topological polar surface area (TPSA) is 131 Å². The molecule has 1 saturated heterocycles. The largest absolute Gasteiger partial charge is 0.387 e. The molecule has 0 bridgehead atoms. The monoisotopic (exact) mass is 649 g/mol. The third kappa shape index (κ3) is 10.4. The van der Waals surface area contributed by atoms with E-state index in [-0.39, 0.29) is 18.4 Å². The third-order valence-corrected chi connectivity index (χ3v) is 9.20. The van der Waals surface area contributed by atoms with Crippen molar-refractivity contribution in [3.8, 4) is 0 Å². The van der Waals surface area contributed by atoms with Crippen molar-refractivity contribution in [3.05, 3.63) is 106 Å². The Morgan fingerprint density at radius 1 is 0.870 bits per heavy atom. The van der Waals surface area contributed by atoms with Gasteiger partial charge in [0.05, 0.1) is 6.54 Å². The standard InChI is InChI=1S/C36H47N3O6S/c1-24-12-17-28(35-33(43)32(42)34(44)36(45-35)46-3)21-29(24)20-26-15-13-25(14-16-26)10-7-11-30(40)38-22-31(41)37-18-19-39(2)23-27-8-5-4-6-9-27/h4-6,8-9,12-17,21,32-36,42-44H,7,10-11,18-20,22-23H2,1-3H3,(H,37,41)(H,38,40)/t32-,33-,34+,35+,36-/m1/s1. The number of amides is 2. The summed E-state index contributed by atoms with van der Waals surface area (Å²) in [4.78, 5) is 26.6. The smallest absolute Gasteiger partial charge is 0.239 e. The zero-order valence-electron chi connectivity index (χ0n) is 26.9. The minimum atomic E-state index is -1.29. The van der Waals surface area contributed by atoms with E-state index in [0.29, 0.717) is 32.4 Å². The molecule has 5 N–H and O–H groups in total. The third-order valence-electron chi connectivity index (χ3n) is 8.35. The Morgan fingerprint density at radius 3 is 2.30 bits per heavy atom. The number of hydrogen-bond donors (Lipinski definition) is 5. The Labute approximate surface area is 276 Å². The molecule has 5 atom stereocenters. The van der Waals surface area contributed by atoms with Gasteiger partial charge in [-0.2, -0.15) is 0 Å². The molecule has 1 heterocycles. The molecule has 10 heteroatoms. The summed E-state index contributed by atoms with van der Waals surface area (Å²) in [6.45, 7) is 4.06. The van der Waals surface area contributed by atoms with Crippen LogP contribution in [0.4, 0.5) is 0 Å². The minimum Gasteiger partial charge on any atom is -0.387 e. The van der Waals surface area contributed by atoms with Crippen LogP contribution in [0.3, 0.4) is 0 Å². The number of carbonyl (C=O) groups is 2. The Kier molecular flexibility index (Phi) is 13.6. The fourth-order valence-corrected chi connectivity index (χ4v) is 6.23. The Morgan fingerprint density at radius 2 is 1.59 bits per heavy atom. The van der Waals surface area contributed by atoms with E-state index in [9.17, 15) is 24.9 Å².